The smallest absolute Gasteiger partial charge is 0.226 e. The maximum atomic E-state index is 6.27. The van der Waals surface area contributed by atoms with E-state index in [1.807, 2.05) is 66.7 Å². The Hall–Kier alpha value is -4.02. The normalized spacial score (nSPS) is 11.3. The van der Waals surface area contributed by atoms with E-state index in [2.05, 4.69) is 45.3 Å². The number of nitrogens with zero attached hydrogens (tertiary/aromatic N) is 3. The summed E-state index contributed by atoms with van der Waals surface area (Å²) in [7, 11) is 0. The molecule has 0 amide bonds. The van der Waals surface area contributed by atoms with Gasteiger partial charge in [-0.05, 0) is 40.9 Å². The molecule has 32 heavy (non-hydrogen) atoms. The summed E-state index contributed by atoms with van der Waals surface area (Å²) in [4.78, 5) is 13.4. The Balaban J connectivity index is 1.40. The maximum Gasteiger partial charge on any atom is 0.226 e. The topological polar surface area (TPSA) is 51.8 Å². The second kappa shape index (κ2) is 7.59. The highest BCUT2D eigenvalue weighted by Gasteiger charge is 2.13. The standard InChI is InChI=1S/C27H16ClN3O/c28-27-30-25(19-12-10-18(11-13-19)17-6-2-1-3-7-17)29-26(31-27)20-14-15-22-21-8-4-5-9-23(21)32-24(22)16-20/h1-16H. The molecule has 0 saturated heterocycles. The molecule has 0 atom stereocenters. The van der Waals surface area contributed by atoms with Gasteiger partial charge in [-0.15, -0.1) is 0 Å². The summed E-state index contributed by atoms with van der Waals surface area (Å²) >= 11 is 6.27. The highest BCUT2D eigenvalue weighted by molar-refractivity contribution is 6.28. The van der Waals surface area contributed by atoms with Gasteiger partial charge in [0.05, 0.1) is 0 Å². The van der Waals surface area contributed by atoms with Crippen LogP contribution in [0.2, 0.25) is 5.28 Å². The Morgan fingerprint density at radius 2 is 1.09 bits per heavy atom. The van der Waals surface area contributed by atoms with Crippen molar-refractivity contribution in [1.82, 2.24) is 15.0 Å². The zero-order chi connectivity index (χ0) is 21.5. The number of furan rings is 1. The fraction of sp³-hybridized carbons (Fsp3) is 0. The predicted molar refractivity (Wildman–Crippen MR) is 128 cm³/mol. The lowest BCUT2D eigenvalue weighted by molar-refractivity contribution is 0.669. The summed E-state index contributed by atoms with van der Waals surface area (Å²) in [5, 5.41) is 2.30. The summed E-state index contributed by atoms with van der Waals surface area (Å²) in [5.41, 5.74) is 5.63. The fourth-order valence-electron chi connectivity index (χ4n) is 3.92. The summed E-state index contributed by atoms with van der Waals surface area (Å²) in [6.45, 7) is 0. The molecule has 0 aliphatic rings. The number of rotatable bonds is 3. The Morgan fingerprint density at radius 1 is 0.500 bits per heavy atom. The zero-order valence-electron chi connectivity index (χ0n) is 16.9. The van der Waals surface area contributed by atoms with Crippen LogP contribution in [-0.4, -0.2) is 15.0 Å². The van der Waals surface area contributed by atoms with Gasteiger partial charge in [-0.1, -0.05) is 78.9 Å². The van der Waals surface area contributed by atoms with Crippen LogP contribution in [0, 0.1) is 0 Å². The van der Waals surface area contributed by atoms with Crippen molar-refractivity contribution < 1.29 is 4.42 Å². The van der Waals surface area contributed by atoms with Gasteiger partial charge in [0.25, 0.3) is 0 Å². The second-order valence-electron chi connectivity index (χ2n) is 7.50. The van der Waals surface area contributed by atoms with Gasteiger partial charge in [0.15, 0.2) is 11.6 Å². The maximum absolute atomic E-state index is 6.27. The van der Waals surface area contributed by atoms with Gasteiger partial charge in [-0.2, -0.15) is 9.97 Å². The van der Waals surface area contributed by atoms with Crippen LogP contribution in [-0.2, 0) is 0 Å². The van der Waals surface area contributed by atoms with Gasteiger partial charge in [-0.25, -0.2) is 4.98 Å². The molecular weight excluding hydrogens is 418 g/mol. The summed E-state index contributed by atoms with van der Waals surface area (Å²) in [5.74, 6) is 1.04. The Bertz CT molecular complexity index is 1570. The molecule has 0 radical (unpaired) electrons. The highest BCUT2D eigenvalue weighted by atomic mass is 35.5. The largest absolute Gasteiger partial charge is 0.456 e. The van der Waals surface area contributed by atoms with E-state index < -0.39 is 0 Å². The number of benzene rings is 4. The van der Waals surface area contributed by atoms with Crippen LogP contribution in [0.15, 0.2) is 101 Å². The molecule has 0 saturated carbocycles. The van der Waals surface area contributed by atoms with E-state index in [-0.39, 0.29) is 5.28 Å². The van der Waals surface area contributed by atoms with Gasteiger partial charge in [0.2, 0.25) is 5.28 Å². The van der Waals surface area contributed by atoms with Crippen LogP contribution >= 0.6 is 11.6 Å². The molecule has 0 fully saturated rings. The summed E-state index contributed by atoms with van der Waals surface area (Å²) in [6, 6.07) is 32.3. The number of fused-ring (bicyclic) bond motifs is 3. The van der Waals surface area contributed by atoms with Gasteiger partial charge in [0.1, 0.15) is 11.2 Å². The van der Waals surface area contributed by atoms with E-state index in [4.69, 9.17) is 16.0 Å². The molecule has 4 nitrogen and oxygen atoms in total. The minimum Gasteiger partial charge on any atom is -0.456 e. The van der Waals surface area contributed by atoms with E-state index in [1.165, 1.54) is 0 Å². The Kier molecular flexibility index (Phi) is 4.44. The van der Waals surface area contributed by atoms with Crippen molar-refractivity contribution in [3.05, 3.63) is 102 Å². The highest BCUT2D eigenvalue weighted by Crippen LogP contribution is 2.32. The molecule has 0 aliphatic carbocycles. The zero-order valence-corrected chi connectivity index (χ0v) is 17.6. The van der Waals surface area contributed by atoms with Crippen LogP contribution in [0.1, 0.15) is 0 Å². The number of hydrogen-bond acceptors (Lipinski definition) is 4. The molecule has 5 heteroatoms. The fourth-order valence-corrected chi connectivity index (χ4v) is 4.08. The average Bonchev–Trinajstić information content (AvgIpc) is 3.22. The van der Waals surface area contributed by atoms with E-state index in [0.717, 1.165) is 44.2 Å². The molecule has 4 aromatic carbocycles. The van der Waals surface area contributed by atoms with Crippen LogP contribution in [0.5, 0.6) is 0 Å². The van der Waals surface area contributed by atoms with Crippen molar-refractivity contribution in [2.75, 3.05) is 0 Å². The third kappa shape index (κ3) is 3.31. The third-order valence-electron chi connectivity index (χ3n) is 5.50. The predicted octanol–water partition coefficient (Wildman–Crippen LogP) is 7.43. The average molecular weight is 434 g/mol. The first-order chi connectivity index (χ1) is 15.7. The van der Waals surface area contributed by atoms with Crippen LogP contribution in [0.25, 0.3) is 55.8 Å². The molecule has 152 valence electrons. The van der Waals surface area contributed by atoms with Gasteiger partial charge in [0, 0.05) is 21.9 Å². The van der Waals surface area contributed by atoms with Crippen molar-refractivity contribution in [3.63, 3.8) is 0 Å². The minimum absolute atomic E-state index is 0.154. The Morgan fingerprint density at radius 3 is 1.91 bits per heavy atom. The van der Waals surface area contributed by atoms with Crippen molar-refractivity contribution in [1.29, 1.82) is 0 Å². The van der Waals surface area contributed by atoms with Crippen LogP contribution < -0.4 is 0 Å². The van der Waals surface area contributed by atoms with Crippen LogP contribution in [0.4, 0.5) is 0 Å². The number of aromatic nitrogens is 3. The molecule has 0 bridgehead atoms. The monoisotopic (exact) mass is 433 g/mol. The molecule has 6 rings (SSSR count). The first-order valence-electron chi connectivity index (χ1n) is 10.2. The number of halogens is 1. The first-order valence-corrected chi connectivity index (χ1v) is 10.6. The van der Waals surface area contributed by atoms with Crippen molar-refractivity contribution in [2.24, 2.45) is 0 Å². The molecule has 0 N–H and O–H groups in total. The van der Waals surface area contributed by atoms with E-state index in [9.17, 15) is 0 Å². The second-order valence-corrected chi connectivity index (χ2v) is 7.84. The summed E-state index contributed by atoms with van der Waals surface area (Å²) < 4.78 is 6.01. The molecule has 2 heterocycles. The lowest BCUT2D eigenvalue weighted by atomic mass is 10.0. The van der Waals surface area contributed by atoms with Crippen molar-refractivity contribution >= 4 is 33.5 Å². The first kappa shape index (κ1) is 18.7. The molecular formula is C27H16ClN3O. The lowest BCUT2D eigenvalue weighted by Gasteiger charge is -2.06. The van der Waals surface area contributed by atoms with E-state index in [0.29, 0.717) is 11.6 Å². The summed E-state index contributed by atoms with van der Waals surface area (Å²) in [6.07, 6.45) is 0. The third-order valence-corrected chi connectivity index (χ3v) is 5.66. The lowest BCUT2D eigenvalue weighted by Crippen LogP contribution is -1.97. The molecule has 2 aromatic heterocycles. The Labute approximate surface area is 189 Å². The minimum atomic E-state index is 0.154. The van der Waals surface area contributed by atoms with Gasteiger partial charge < -0.3 is 4.42 Å². The van der Waals surface area contributed by atoms with Gasteiger partial charge in [-0.3, -0.25) is 0 Å². The van der Waals surface area contributed by atoms with Crippen molar-refractivity contribution in [2.45, 2.75) is 0 Å². The number of hydrogen-bond donors (Lipinski definition) is 0. The molecule has 0 unspecified atom stereocenters. The van der Waals surface area contributed by atoms with Crippen molar-refractivity contribution in [3.8, 4) is 33.9 Å². The van der Waals surface area contributed by atoms with Crippen LogP contribution in [0.3, 0.4) is 0 Å². The number of para-hydroxylation sites is 1. The SMILES string of the molecule is Clc1nc(-c2ccc(-c3ccccc3)cc2)nc(-c2ccc3c(c2)oc2ccccc23)n1. The van der Waals surface area contributed by atoms with E-state index in [1.54, 1.807) is 0 Å². The van der Waals surface area contributed by atoms with E-state index >= 15 is 0 Å². The molecule has 0 aliphatic heterocycles. The van der Waals surface area contributed by atoms with Gasteiger partial charge >= 0.3 is 0 Å². The molecule has 0 spiro atoms. The molecule has 6 aromatic rings. The quantitative estimate of drug-likeness (QED) is 0.291.